The number of benzene rings is 3. The molecule has 1 heteroatoms. The minimum atomic E-state index is 0.311. The minimum Gasteiger partial charge on any atom is -0.0687 e. The predicted molar refractivity (Wildman–Crippen MR) is 126 cm³/mol. The van der Waals surface area contributed by atoms with Crippen molar-refractivity contribution in [1.82, 2.24) is 0 Å². The first-order valence-corrected chi connectivity index (χ1v) is 10.2. The van der Waals surface area contributed by atoms with Gasteiger partial charge in [-0.05, 0) is 25.8 Å². The Balaban J connectivity index is 0.000000500. The topological polar surface area (TPSA) is 0 Å². The molecular formula is C27H30B+. The lowest BCUT2D eigenvalue weighted by molar-refractivity contribution is 0.798. The largest absolute Gasteiger partial charge is 0.241 e. The highest BCUT2D eigenvalue weighted by Crippen LogP contribution is 2.05. The Morgan fingerprint density at radius 2 is 1.32 bits per heavy atom. The Hall–Kier alpha value is -2.89. The van der Waals surface area contributed by atoms with E-state index in [4.69, 9.17) is 6.58 Å². The summed E-state index contributed by atoms with van der Waals surface area (Å²) in [6, 6.07) is 30.7. The predicted octanol–water partition coefficient (Wildman–Crippen LogP) is 5.10. The van der Waals surface area contributed by atoms with Gasteiger partial charge in [-0.1, -0.05) is 120 Å². The lowest BCUT2D eigenvalue weighted by atomic mass is 9.36. The normalized spacial score (nSPS) is 10.2. The Kier molecular flexibility index (Phi) is 9.55. The van der Waals surface area contributed by atoms with E-state index in [1.807, 2.05) is 13.0 Å². The van der Waals surface area contributed by atoms with E-state index in [9.17, 15) is 0 Å². The van der Waals surface area contributed by atoms with Gasteiger partial charge in [-0.2, -0.15) is 0 Å². The molecule has 0 bridgehead atoms. The van der Waals surface area contributed by atoms with E-state index in [1.54, 1.807) is 6.08 Å². The van der Waals surface area contributed by atoms with E-state index < -0.39 is 0 Å². The monoisotopic (exact) mass is 365 g/mol. The maximum atomic E-state index is 4.93. The first kappa shape index (κ1) is 21.4. The van der Waals surface area contributed by atoms with Gasteiger partial charge in [-0.15, -0.1) is 0 Å². The third-order valence-electron chi connectivity index (χ3n) is 4.74. The Morgan fingerprint density at radius 1 is 0.786 bits per heavy atom. The van der Waals surface area contributed by atoms with E-state index in [0.717, 1.165) is 6.42 Å². The number of unbranched alkanes of at least 4 members (excludes halogenated alkanes) is 1. The number of aryl methyl sites for hydroxylation is 1. The summed E-state index contributed by atoms with van der Waals surface area (Å²) in [5.74, 6) is 0. The molecule has 3 rings (SSSR count). The summed E-state index contributed by atoms with van der Waals surface area (Å²) in [6.07, 6.45) is 8.78. The molecule has 0 aliphatic heterocycles. The SMILES string of the molecule is CCCCc1ccccc1B(c1ccccc1)c1ccccc1.[CH+]=CC=CC. The van der Waals surface area contributed by atoms with Crippen LogP contribution in [0, 0.1) is 6.58 Å². The molecule has 3 aromatic carbocycles. The van der Waals surface area contributed by atoms with Crippen molar-refractivity contribution in [1.29, 1.82) is 0 Å². The Morgan fingerprint density at radius 3 is 1.79 bits per heavy atom. The third kappa shape index (κ3) is 6.37. The van der Waals surface area contributed by atoms with Crippen molar-refractivity contribution >= 4 is 23.1 Å². The molecule has 0 heterocycles. The van der Waals surface area contributed by atoms with Crippen LogP contribution in [0.15, 0.2) is 103 Å². The highest BCUT2D eigenvalue weighted by molar-refractivity contribution is 6.95. The molecule has 140 valence electrons. The first-order valence-electron chi connectivity index (χ1n) is 10.2. The highest BCUT2D eigenvalue weighted by atomic mass is 14.0. The molecule has 0 saturated heterocycles. The maximum Gasteiger partial charge on any atom is 0.241 e. The van der Waals surface area contributed by atoms with Crippen LogP contribution in [0.2, 0.25) is 0 Å². The summed E-state index contributed by atoms with van der Waals surface area (Å²) in [5, 5.41) is 0. The Bertz CT molecular complexity index is 795. The van der Waals surface area contributed by atoms with E-state index in [0.29, 0.717) is 6.71 Å². The fraction of sp³-hybridized carbons (Fsp3) is 0.185. The third-order valence-corrected chi connectivity index (χ3v) is 4.74. The van der Waals surface area contributed by atoms with Gasteiger partial charge in [0.25, 0.3) is 0 Å². The molecule has 0 amide bonds. The van der Waals surface area contributed by atoms with E-state index >= 15 is 0 Å². The first-order chi connectivity index (χ1) is 13.8. The molecule has 0 radical (unpaired) electrons. The van der Waals surface area contributed by atoms with Crippen LogP contribution in [-0.2, 0) is 6.42 Å². The van der Waals surface area contributed by atoms with Gasteiger partial charge in [0.2, 0.25) is 6.71 Å². The molecule has 0 atom stereocenters. The molecule has 28 heavy (non-hydrogen) atoms. The number of allylic oxidation sites excluding steroid dienone is 3. The van der Waals surface area contributed by atoms with Crippen molar-refractivity contribution in [2.24, 2.45) is 0 Å². The summed E-state index contributed by atoms with van der Waals surface area (Å²) < 4.78 is 0. The second-order valence-electron chi connectivity index (χ2n) is 6.77. The van der Waals surface area contributed by atoms with Gasteiger partial charge in [-0.3, -0.25) is 0 Å². The van der Waals surface area contributed by atoms with Crippen LogP contribution in [0.25, 0.3) is 0 Å². The van der Waals surface area contributed by atoms with Gasteiger partial charge in [0, 0.05) is 6.58 Å². The van der Waals surface area contributed by atoms with Gasteiger partial charge >= 0.3 is 0 Å². The van der Waals surface area contributed by atoms with Crippen LogP contribution in [0.1, 0.15) is 32.3 Å². The van der Waals surface area contributed by atoms with Crippen LogP contribution < -0.4 is 16.4 Å². The van der Waals surface area contributed by atoms with E-state index in [-0.39, 0.29) is 0 Å². The molecule has 3 aromatic rings. The molecular weight excluding hydrogens is 335 g/mol. The fourth-order valence-electron chi connectivity index (χ4n) is 3.36. The molecule has 0 spiro atoms. The Labute approximate surface area is 171 Å². The van der Waals surface area contributed by atoms with Gasteiger partial charge in [0.1, 0.15) is 0 Å². The summed E-state index contributed by atoms with van der Waals surface area (Å²) in [5.41, 5.74) is 5.65. The molecule has 0 aliphatic rings. The van der Waals surface area contributed by atoms with E-state index in [2.05, 4.69) is 91.9 Å². The van der Waals surface area contributed by atoms with Crippen molar-refractivity contribution in [3.8, 4) is 0 Å². The van der Waals surface area contributed by atoms with Gasteiger partial charge < -0.3 is 0 Å². The van der Waals surface area contributed by atoms with Crippen LogP contribution in [0.5, 0.6) is 0 Å². The lowest BCUT2D eigenvalue weighted by Crippen LogP contribution is -2.53. The highest BCUT2D eigenvalue weighted by Gasteiger charge is 2.23. The standard InChI is InChI=1S/C22H23B.C5H7/c1-2-3-12-19-13-10-11-18-22(19)23(20-14-6-4-7-15-20)21-16-8-5-9-17-21;1-3-5-4-2/h4-11,13-18H,2-3,12H2,1H3;1,3-5H,2H3/q;+1. The summed E-state index contributed by atoms with van der Waals surface area (Å²) in [4.78, 5) is 0. The van der Waals surface area contributed by atoms with Crippen LogP contribution in [0.4, 0.5) is 0 Å². The van der Waals surface area contributed by atoms with Crippen LogP contribution >= 0.6 is 0 Å². The maximum absolute atomic E-state index is 4.93. The van der Waals surface area contributed by atoms with Crippen molar-refractivity contribution < 1.29 is 0 Å². The summed E-state index contributed by atoms with van der Waals surface area (Å²) in [6.45, 7) is 9.42. The molecule has 0 nitrogen and oxygen atoms in total. The molecule has 0 N–H and O–H groups in total. The fourth-order valence-corrected chi connectivity index (χ4v) is 3.36. The average Bonchev–Trinajstić information content (AvgIpc) is 2.76. The van der Waals surface area contributed by atoms with Crippen LogP contribution in [0.3, 0.4) is 0 Å². The van der Waals surface area contributed by atoms with Gasteiger partial charge in [0.15, 0.2) is 6.08 Å². The molecule has 0 unspecified atom stereocenters. The molecule has 0 aromatic heterocycles. The zero-order valence-electron chi connectivity index (χ0n) is 17.1. The number of hydrogen-bond donors (Lipinski definition) is 0. The summed E-state index contributed by atoms with van der Waals surface area (Å²) in [7, 11) is 0. The van der Waals surface area contributed by atoms with Crippen molar-refractivity contribution in [3.63, 3.8) is 0 Å². The zero-order valence-corrected chi connectivity index (χ0v) is 17.1. The van der Waals surface area contributed by atoms with Crippen molar-refractivity contribution in [2.75, 3.05) is 0 Å². The number of rotatable bonds is 7. The quantitative estimate of drug-likeness (QED) is 0.311. The lowest BCUT2D eigenvalue weighted by Gasteiger charge is -2.19. The minimum absolute atomic E-state index is 0.311. The molecule has 0 saturated carbocycles. The average molecular weight is 365 g/mol. The molecule has 0 fully saturated rings. The summed E-state index contributed by atoms with van der Waals surface area (Å²) >= 11 is 0. The zero-order chi connectivity index (χ0) is 20.0. The second kappa shape index (κ2) is 12.5. The molecule has 0 aliphatic carbocycles. The van der Waals surface area contributed by atoms with Crippen molar-refractivity contribution in [3.05, 3.63) is 115 Å². The van der Waals surface area contributed by atoms with Crippen molar-refractivity contribution in [2.45, 2.75) is 33.1 Å². The van der Waals surface area contributed by atoms with Gasteiger partial charge in [-0.25, -0.2) is 0 Å². The second-order valence-corrected chi connectivity index (χ2v) is 6.77. The van der Waals surface area contributed by atoms with Gasteiger partial charge in [0.05, 0.1) is 6.08 Å². The number of hydrogen-bond acceptors (Lipinski definition) is 0. The smallest absolute Gasteiger partial charge is 0.0687 e. The van der Waals surface area contributed by atoms with E-state index in [1.165, 1.54) is 40.9 Å². The van der Waals surface area contributed by atoms with Crippen LogP contribution in [-0.4, -0.2) is 6.71 Å².